The van der Waals surface area contributed by atoms with Crippen molar-refractivity contribution < 1.29 is 9.53 Å². The number of benzene rings is 1. The van der Waals surface area contributed by atoms with E-state index in [1.165, 1.54) is 12.0 Å². The summed E-state index contributed by atoms with van der Waals surface area (Å²) in [5.74, 6) is 0.640. The number of aromatic nitrogens is 2. The first-order chi connectivity index (χ1) is 15.1. The molecule has 1 aromatic carbocycles. The lowest BCUT2D eigenvalue weighted by molar-refractivity contribution is 0.0199. The van der Waals surface area contributed by atoms with Crippen LogP contribution < -0.4 is 0 Å². The van der Waals surface area contributed by atoms with E-state index >= 15 is 0 Å². The summed E-state index contributed by atoms with van der Waals surface area (Å²) in [6.07, 6.45) is 8.67. The molecule has 3 unspecified atom stereocenters. The standard InChI is InChI=1S/C24H31N5O2/c1-18-3-2-4-21(13-18)31-24(30)29-11-9-28(10-12-29)23(22-16-26-17-27-22)14-19-5-7-20(15-25)8-6-19/h5-8,16-18,21,23H,2-4,9-14H2,1H3,(H,26,27). The second-order valence-electron chi connectivity index (χ2n) is 8.84. The number of rotatable bonds is 5. The Labute approximate surface area is 184 Å². The third-order valence-electron chi connectivity index (χ3n) is 6.56. The molecule has 1 saturated heterocycles. The summed E-state index contributed by atoms with van der Waals surface area (Å²) in [6.45, 7) is 5.15. The summed E-state index contributed by atoms with van der Waals surface area (Å²) in [5, 5.41) is 9.04. The number of H-pyrrole nitrogens is 1. The zero-order valence-corrected chi connectivity index (χ0v) is 18.2. The fourth-order valence-corrected chi connectivity index (χ4v) is 4.74. The third kappa shape index (κ3) is 5.45. The van der Waals surface area contributed by atoms with Crippen LogP contribution in [0.4, 0.5) is 4.79 Å². The molecule has 0 radical (unpaired) electrons. The molecule has 2 aromatic rings. The van der Waals surface area contributed by atoms with E-state index in [1.54, 1.807) is 6.33 Å². The van der Waals surface area contributed by atoms with E-state index in [9.17, 15) is 4.79 Å². The molecule has 4 rings (SSSR count). The Morgan fingerprint density at radius 1 is 1.26 bits per heavy atom. The van der Waals surface area contributed by atoms with Crippen LogP contribution in [0.1, 0.15) is 55.5 Å². The number of nitriles is 1. The van der Waals surface area contributed by atoms with Crippen LogP contribution in [-0.4, -0.2) is 58.1 Å². The summed E-state index contributed by atoms with van der Waals surface area (Å²) in [5.41, 5.74) is 2.91. The highest BCUT2D eigenvalue weighted by Crippen LogP contribution is 2.28. The minimum atomic E-state index is -0.163. The molecule has 7 heteroatoms. The molecule has 1 N–H and O–H groups in total. The molecular formula is C24H31N5O2. The topological polar surface area (TPSA) is 85.2 Å². The van der Waals surface area contributed by atoms with Crippen LogP contribution in [0.2, 0.25) is 0 Å². The van der Waals surface area contributed by atoms with Crippen molar-refractivity contribution in [2.45, 2.75) is 51.2 Å². The van der Waals surface area contributed by atoms with Crippen molar-refractivity contribution in [1.29, 1.82) is 5.26 Å². The van der Waals surface area contributed by atoms with Crippen molar-refractivity contribution >= 4 is 6.09 Å². The van der Waals surface area contributed by atoms with Crippen molar-refractivity contribution in [2.75, 3.05) is 26.2 Å². The Morgan fingerprint density at radius 2 is 2.03 bits per heavy atom. The number of piperazine rings is 1. The maximum atomic E-state index is 12.7. The van der Waals surface area contributed by atoms with E-state index in [4.69, 9.17) is 10.00 Å². The predicted octanol–water partition coefficient (Wildman–Crippen LogP) is 3.90. The van der Waals surface area contributed by atoms with Crippen LogP contribution in [0, 0.1) is 17.2 Å². The molecular weight excluding hydrogens is 390 g/mol. The lowest BCUT2D eigenvalue weighted by atomic mass is 9.89. The number of hydrogen-bond donors (Lipinski definition) is 1. The largest absolute Gasteiger partial charge is 0.446 e. The Balaban J connectivity index is 1.36. The highest BCUT2D eigenvalue weighted by Gasteiger charge is 2.30. The van der Waals surface area contributed by atoms with Gasteiger partial charge in [0.1, 0.15) is 6.10 Å². The Bertz CT molecular complexity index is 882. The Hall–Kier alpha value is -2.85. The molecule has 7 nitrogen and oxygen atoms in total. The Kier molecular flexibility index (Phi) is 6.88. The summed E-state index contributed by atoms with van der Waals surface area (Å²) >= 11 is 0. The number of imidazole rings is 1. The molecule has 1 aliphatic heterocycles. The van der Waals surface area contributed by atoms with Gasteiger partial charge in [0.2, 0.25) is 0 Å². The van der Waals surface area contributed by atoms with Gasteiger partial charge in [-0.1, -0.05) is 25.5 Å². The van der Waals surface area contributed by atoms with Gasteiger partial charge < -0.3 is 14.6 Å². The number of amides is 1. The zero-order valence-electron chi connectivity index (χ0n) is 18.2. The molecule has 164 valence electrons. The van der Waals surface area contributed by atoms with Crippen molar-refractivity contribution in [1.82, 2.24) is 19.8 Å². The first kappa shape index (κ1) is 21.4. The quantitative estimate of drug-likeness (QED) is 0.791. The van der Waals surface area contributed by atoms with Gasteiger partial charge in [-0.3, -0.25) is 4.90 Å². The van der Waals surface area contributed by atoms with Crippen LogP contribution >= 0.6 is 0 Å². The predicted molar refractivity (Wildman–Crippen MR) is 117 cm³/mol. The number of hydrogen-bond acceptors (Lipinski definition) is 5. The maximum absolute atomic E-state index is 12.7. The van der Waals surface area contributed by atoms with E-state index in [0.717, 1.165) is 44.5 Å². The van der Waals surface area contributed by atoms with Crippen molar-refractivity contribution in [2.24, 2.45) is 5.92 Å². The number of nitrogens with one attached hydrogen (secondary N) is 1. The van der Waals surface area contributed by atoms with Crippen LogP contribution in [0.25, 0.3) is 0 Å². The maximum Gasteiger partial charge on any atom is 0.410 e. The van der Waals surface area contributed by atoms with Crippen molar-refractivity contribution in [3.05, 3.63) is 53.6 Å². The Morgan fingerprint density at radius 3 is 2.68 bits per heavy atom. The zero-order chi connectivity index (χ0) is 21.6. The molecule has 2 fully saturated rings. The fourth-order valence-electron chi connectivity index (χ4n) is 4.74. The summed E-state index contributed by atoms with van der Waals surface area (Å²) in [7, 11) is 0. The van der Waals surface area contributed by atoms with Gasteiger partial charge >= 0.3 is 6.09 Å². The third-order valence-corrected chi connectivity index (χ3v) is 6.56. The monoisotopic (exact) mass is 421 g/mol. The molecule has 1 saturated carbocycles. The summed E-state index contributed by atoms with van der Waals surface area (Å²) < 4.78 is 5.81. The second-order valence-corrected chi connectivity index (χ2v) is 8.84. The molecule has 2 heterocycles. The molecule has 1 amide bonds. The van der Waals surface area contributed by atoms with E-state index in [0.29, 0.717) is 24.6 Å². The number of aromatic amines is 1. The van der Waals surface area contributed by atoms with Gasteiger partial charge in [0.25, 0.3) is 0 Å². The van der Waals surface area contributed by atoms with E-state index < -0.39 is 0 Å². The highest BCUT2D eigenvalue weighted by molar-refractivity contribution is 5.68. The molecule has 0 spiro atoms. The lowest BCUT2D eigenvalue weighted by Crippen LogP contribution is -2.50. The van der Waals surface area contributed by atoms with Crippen molar-refractivity contribution in [3.63, 3.8) is 0 Å². The molecule has 1 aromatic heterocycles. The average molecular weight is 422 g/mol. The van der Waals surface area contributed by atoms with Gasteiger partial charge in [0.15, 0.2) is 0 Å². The van der Waals surface area contributed by atoms with E-state index in [2.05, 4.69) is 27.9 Å². The lowest BCUT2D eigenvalue weighted by Gasteiger charge is -2.39. The van der Waals surface area contributed by atoms with Crippen LogP contribution in [0.3, 0.4) is 0 Å². The van der Waals surface area contributed by atoms with Crippen LogP contribution in [-0.2, 0) is 11.2 Å². The number of carbonyl (C=O) groups excluding carboxylic acids is 1. The number of ether oxygens (including phenoxy) is 1. The molecule has 3 atom stereocenters. The van der Waals surface area contributed by atoms with Crippen molar-refractivity contribution in [3.8, 4) is 6.07 Å². The van der Waals surface area contributed by atoms with Gasteiger partial charge in [-0.25, -0.2) is 9.78 Å². The van der Waals surface area contributed by atoms with Gasteiger partial charge in [0.05, 0.1) is 29.7 Å². The molecule has 2 aliphatic rings. The first-order valence-corrected chi connectivity index (χ1v) is 11.3. The normalized spacial score (nSPS) is 23.2. The summed E-state index contributed by atoms with van der Waals surface area (Å²) in [4.78, 5) is 24.4. The first-order valence-electron chi connectivity index (χ1n) is 11.3. The fraction of sp³-hybridized carbons (Fsp3) is 0.542. The molecule has 1 aliphatic carbocycles. The van der Waals surface area contributed by atoms with E-state index in [-0.39, 0.29) is 18.2 Å². The minimum absolute atomic E-state index is 0.0726. The van der Waals surface area contributed by atoms with Gasteiger partial charge in [-0.15, -0.1) is 0 Å². The van der Waals surface area contributed by atoms with Crippen LogP contribution in [0.15, 0.2) is 36.8 Å². The highest BCUT2D eigenvalue weighted by atomic mass is 16.6. The SMILES string of the molecule is CC1CCCC(OC(=O)N2CCN(C(Cc3ccc(C#N)cc3)c3cnc[nH]3)CC2)C1. The number of carbonyl (C=O) groups is 1. The van der Waals surface area contributed by atoms with Gasteiger partial charge in [-0.2, -0.15) is 5.26 Å². The second kappa shape index (κ2) is 9.97. The van der Waals surface area contributed by atoms with Gasteiger partial charge in [0, 0.05) is 32.4 Å². The van der Waals surface area contributed by atoms with Crippen LogP contribution in [0.5, 0.6) is 0 Å². The average Bonchev–Trinajstić information content (AvgIpc) is 3.33. The van der Waals surface area contributed by atoms with E-state index in [1.807, 2.05) is 35.4 Å². The minimum Gasteiger partial charge on any atom is -0.446 e. The number of nitrogens with zero attached hydrogens (tertiary/aromatic N) is 4. The summed E-state index contributed by atoms with van der Waals surface area (Å²) in [6, 6.07) is 10.1. The van der Waals surface area contributed by atoms with Gasteiger partial charge in [-0.05, 0) is 49.3 Å². The smallest absolute Gasteiger partial charge is 0.410 e. The molecule has 0 bridgehead atoms. The molecule has 31 heavy (non-hydrogen) atoms.